The fourth-order valence-electron chi connectivity index (χ4n) is 6.75. The Kier molecular flexibility index (Phi) is 8.61. The summed E-state index contributed by atoms with van der Waals surface area (Å²) >= 11 is 0. The molecule has 0 saturated carbocycles. The molecule has 2 aromatic heterocycles. The molecule has 3 fully saturated rings. The molecule has 3 saturated heterocycles. The maximum absolute atomic E-state index is 14.1. The number of likely N-dealkylation sites (tertiary alicyclic amines) is 2. The van der Waals surface area contributed by atoms with Crippen LogP contribution in [0, 0.1) is 37.4 Å². The fourth-order valence-corrected chi connectivity index (χ4v) is 6.75. The molecule has 10 nitrogen and oxygen atoms in total. The van der Waals surface area contributed by atoms with Gasteiger partial charge in [0, 0.05) is 39.3 Å². The molecule has 1 N–H and O–H groups in total. The Morgan fingerprint density at radius 3 is 2.44 bits per heavy atom. The van der Waals surface area contributed by atoms with Gasteiger partial charge in [0.25, 0.3) is 5.91 Å². The Labute approximate surface area is 257 Å². The summed E-state index contributed by atoms with van der Waals surface area (Å²) in [5.41, 5.74) is 0.990. The van der Waals surface area contributed by atoms with Gasteiger partial charge in [-0.05, 0) is 68.4 Å². The zero-order valence-electron chi connectivity index (χ0n) is 25.1. The van der Waals surface area contributed by atoms with Crippen molar-refractivity contribution in [3.8, 4) is 5.82 Å². The number of fused-ring (bicyclic) bond motifs is 1. The summed E-state index contributed by atoms with van der Waals surface area (Å²) in [4.78, 5) is 30.7. The maximum atomic E-state index is 14.1. The van der Waals surface area contributed by atoms with Crippen molar-refractivity contribution >= 4 is 11.8 Å². The maximum Gasteiger partial charge on any atom is 0.435 e. The van der Waals surface area contributed by atoms with Crippen molar-refractivity contribution in [3.63, 3.8) is 0 Å². The summed E-state index contributed by atoms with van der Waals surface area (Å²) < 4.78 is 59.5. The van der Waals surface area contributed by atoms with E-state index in [1.165, 1.54) is 22.9 Å². The van der Waals surface area contributed by atoms with E-state index >= 15 is 0 Å². The lowest BCUT2D eigenvalue weighted by atomic mass is 10.0. The molecule has 3 aliphatic rings. The molecule has 0 bridgehead atoms. The number of amides is 2. The first-order chi connectivity index (χ1) is 21.5. The lowest BCUT2D eigenvalue weighted by molar-refractivity contribution is -0.141. The summed E-state index contributed by atoms with van der Waals surface area (Å²) in [5, 5.41) is 14.5. The summed E-state index contributed by atoms with van der Waals surface area (Å²) in [6, 6.07) is 8.03. The topological polar surface area (TPSA) is 105 Å². The van der Waals surface area contributed by atoms with Crippen LogP contribution in [0.2, 0.25) is 0 Å². The molecule has 1 aromatic carbocycles. The first kappa shape index (κ1) is 31.1. The van der Waals surface area contributed by atoms with E-state index in [0.29, 0.717) is 62.6 Å². The summed E-state index contributed by atoms with van der Waals surface area (Å²) in [7, 11) is 0. The third-order valence-corrected chi connectivity index (χ3v) is 9.11. The van der Waals surface area contributed by atoms with E-state index in [2.05, 4.69) is 25.5 Å². The van der Waals surface area contributed by atoms with Gasteiger partial charge in [0.15, 0.2) is 11.5 Å². The Morgan fingerprint density at radius 2 is 1.82 bits per heavy atom. The SMILES string of the molecule is Cc1nn(-c2ccc(C(F)(F)F)nn2)c(C)c1C(=O)N1CC2CN(CCC(NC(=O)C3CCOC3)c3cccc(F)c3)C[C@H]2C1. The molecule has 3 aliphatic heterocycles. The zero-order valence-corrected chi connectivity index (χ0v) is 25.1. The quantitative estimate of drug-likeness (QED) is 0.379. The second-order valence-electron chi connectivity index (χ2n) is 12.2. The first-order valence-electron chi connectivity index (χ1n) is 15.1. The van der Waals surface area contributed by atoms with Crippen LogP contribution in [0.15, 0.2) is 36.4 Å². The number of nitrogens with one attached hydrogen (secondary N) is 1. The van der Waals surface area contributed by atoms with Gasteiger partial charge in [-0.2, -0.15) is 18.3 Å². The van der Waals surface area contributed by atoms with Crippen LogP contribution in [0.25, 0.3) is 5.82 Å². The van der Waals surface area contributed by atoms with Crippen molar-refractivity contribution in [3.05, 3.63) is 70.4 Å². The minimum atomic E-state index is -4.60. The van der Waals surface area contributed by atoms with Crippen LogP contribution in [0.3, 0.4) is 0 Å². The van der Waals surface area contributed by atoms with Crippen molar-refractivity contribution in [1.29, 1.82) is 0 Å². The number of aryl methyl sites for hydroxylation is 1. The van der Waals surface area contributed by atoms with Crippen molar-refractivity contribution in [2.75, 3.05) is 45.9 Å². The molecule has 0 aliphatic carbocycles. The number of carbonyl (C=O) groups excluding carboxylic acids is 2. The Hall–Kier alpha value is -3.91. The number of nitrogens with zero attached hydrogens (tertiary/aromatic N) is 6. The van der Waals surface area contributed by atoms with Crippen LogP contribution in [-0.2, 0) is 15.7 Å². The van der Waals surface area contributed by atoms with E-state index in [0.717, 1.165) is 24.7 Å². The molecule has 0 radical (unpaired) electrons. The van der Waals surface area contributed by atoms with Crippen molar-refractivity contribution < 1.29 is 31.9 Å². The molecule has 14 heteroatoms. The summed E-state index contributed by atoms with van der Waals surface area (Å²) in [6.07, 6.45) is -3.31. The van der Waals surface area contributed by atoms with Crippen molar-refractivity contribution in [1.82, 2.24) is 35.1 Å². The van der Waals surface area contributed by atoms with Crippen molar-refractivity contribution in [2.45, 2.75) is 38.9 Å². The van der Waals surface area contributed by atoms with Gasteiger partial charge in [-0.1, -0.05) is 12.1 Å². The van der Waals surface area contributed by atoms with Gasteiger partial charge in [0.2, 0.25) is 5.91 Å². The third-order valence-electron chi connectivity index (χ3n) is 9.11. The minimum absolute atomic E-state index is 0.0755. The Morgan fingerprint density at radius 1 is 1.07 bits per heavy atom. The minimum Gasteiger partial charge on any atom is -0.381 e. The highest BCUT2D eigenvalue weighted by Gasteiger charge is 2.42. The highest BCUT2D eigenvalue weighted by atomic mass is 19.4. The number of alkyl halides is 3. The van der Waals surface area contributed by atoms with E-state index in [9.17, 15) is 27.2 Å². The predicted molar refractivity (Wildman–Crippen MR) is 154 cm³/mol. The predicted octanol–water partition coefficient (Wildman–Crippen LogP) is 3.72. The van der Waals surface area contributed by atoms with E-state index in [-0.39, 0.29) is 47.2 Å². The second kappa shape index (κ2) is 12.5. The number of hydrogen-bond donors (Lipinski definition) is 1. The molecular weight excluding hydrogens is 594 g/mol. The number of carbonyl (C=O) groups is 2. The van der Waals surface area contributed by atoms with Crippen LogP contribution in [0.4, 0.5) is 17.6 Å². The second-order valence-corrected chi connectivity index (χ2v) is 12.2. The average Bonchev–Trinajstić information content (AvgIpc) is 3.79. The van der Waals surface area contributed by atoms with Gasteiger partial charge in [0.1, 0.15) is 5.82 Å². The Bertz CT molecular complexity index is 1540. The first-order valence-corrected chi connectivity index (χ1v) is 15.1. The number of halogens is 4. The molecule has 0 spiro atoms. The number of hydrogen-bond acceptors (Lipinski definition) is 7. The normalized spacial score (nSPS) is 22.5. The molecule has 3 aromatic rings. The largest absolute Gasteiger partial charge is 0.435 e. The standard InChI is InChI=1S/C31H35F4N7O3/c1-18-28(19(2)42(39-18)27-7-6-26(37-38-27)31(33,34)35)30(44)41-15-22-13-40(14-23(22)16-41)10-8-25(20-4-3-5-24(32)12-20)36-29(43)21-9-11-45-17-21/h3-7,12,21-23,25H,8-11,13-17H2,1-2H3,(H,36,43)/t21?,22-,23?,25?/m0/s1. The third kappa shape index (κ3) is 6.57. The summed E-state index contributed by atoms with van der Waals surface area (Å²) in [5.74, 6) is -0.125. The van der Waals surface area contributed by atoms with Crippen LogP contribution >= 0.6 is 0 Å². The van der Waals surface area contributed by atoms with Gasteiger partial charge in [-0.15, -0.1) is 10.2 Å². The van der Waals surface area contributed by atoms with E-state index in [1.807, 2.05) is 11.0 Å². The van der Waals surface area contributed by atoms with E-state index in [4.69, 9.17) is 4.74 Å². The molecule has 3 unspecified atom stereocenters. The Balaban J connectivity index is 1.07. The number of aromatic nitrogens is 4. The monoisotopic (exact) mass is 629 g/mol. The van der Waals surface area contributed by atoms with Crippen molar-refractivity contribution in [2.24, 2.45) is 17.8 Å². The molecule has 4 atom stereocenters. The van der Waals surface area contributed by atoms with Crippen LogP contribution in [0.5, 0.6) is 0 Å². The van der Waals surface area contributed by atoms with Crippen LogP contribution in [0.1, 0.15) is 51.9 Å². The molecule has 2 amide bonds. The van der Waals surface area contributed by atoms with Gasteiger partial charge in [0.05, 0.1) is 35.5 Å². The van der Waals surface area contributed by atoms with Gasteiger partial charge in [-0.3, -0.25) is 9.59 Å². The van der Waals surface area contributed by atoms with E-state index < -0.39 is 11.9 Å². The highest BCUT2D eigenvalue weighted by molar-refractivity contribution is 5.96. The number of benzene rings is 1. The van der Waals surface area contributed by atoms with Crippen LogP contribution in [-0.4, -0.2) is 87.5 Å². The van der Waals surface area contributed by atoms with Gasteiger partial charge < -0.3 is 19.9 Å². The van der Waals surface area contributed by atoms with E-state index in [1.54, 1.807) is 19.9 Å². The number of rotatable bonds is 8. The molecule has 240 valence electrons. The molecule has 5 heterocycles. The molecule has 45 heavy (non-hydrogen) atoms. The van der Waals surface area contributed by atoms with Crippen LogP contribution < -0.4 is 5.32 Å². The lowest BCUT2D eigenvalue weighted by Gasteiger charge is -2.25. The molecule has 6 rings (SSSR count). The average molecular weight is 630 g/mol. The molecular formula is C31H35F4N7O3. The van der Waals surface area contributed by atoms with Gasteiger partial charge in [-0.25, -0.2) is 9.07 Å². The zero-order chi connectivity index (χ0) is 31.9. The highest BCUT2D eigenvalue weighted by Crippen LogP contribution is 2.34. The number of ether oxygens (including phenoxy) is 1. The lowest BCUT2D eigenvalue weighted by Crippen LogP contribution is -2.37. The summed E-state index contributed by atoms with van der Waals surface area (Å²) in [6.45, 7) is 7.82. The fraction of sp³-hybridized carbons (Fsp3) is 0.516. The van der Waals surface area contributed by atoms with Gasteiger partial charge >= 0.3 is 6.18 Å². The smallest absolute Gasteiger partial charge is 0.381 e.